The van der Waals surface area contributed by atoms with Gasteiger partial charge in [0.15, 0.2) is 0 Å². The molecule has 0 saturated heterocycles. The molecule has 1 aromatic rings. The second kappa shape index (κ2) is 3.74. The van der Waals surface area contributed by atoms with Crippen molar-refractivity contribution in [1.82, 2.24) is 5.01 Å². The molecule has 2 rings (SSSR count). The summed E-state index contributed by atoms with van der Waals surface area (Å²) in [5, 5.41) is 3.84. The summed E-state index contributed by atoms with van der Waals surface area (Å²) in [6.07, 6.45) is 0. The number of benzene rings is 1. The van der Waals surface area contributed by atoms with Gasteiger partial charge in [0.1, 0.15) is 0 Å². The Bertz CT molecular complexity index is 351. The summed E-state index contributed by atoms with van der Waals surface area (Å²) in [5.74, 6) is 6.63. The Labute approximate surface area is 89.9 Å². The maximum Gasteiger partial charge on any atom is 0.0838 e. The van der Waals surface area contributed by atoms with Gasteiger partial charge in [-0.3, -0.25) is 5.01 Å². The van der Waals surface area contributed by atoms with Gasteiger partial charge in [-0.1, -0.05) is 28.1 Å². The monoisotopic (exact) mass is 256 g/mol. The zero-order valence-corrected chi connectivity index (χ0v) is 9.31. The second-order valence-corrected chi connectivity index (χ2v) is 4.52. The molecule has 13 heavy (non-hydrogen) atoms. The molecular weight excluding hydrogens is 248 g/mol. The third-order valence-corrected chi connectivity index (χ3v) is 3.15. The van der Waals surface area contributed by atoms with Crippen molar-refractivity contribution in [3.63, 3.8) is 0 Å². The molecule has 0 amide bonds. The van der Waals surface area contributed by atoms with Crippen LogP contribution in [0.25, 0.3) is 5.70 Å². The topological polar surface area (TPSA) is 29.3 Å². The third kappa shape index (κ3) is 1.90. The highest BCUT2D eigenvalue weighted by atomic mass is 79.9. The summed E-state index contributed by atoms with van der Waals surface area (Å²) in [6, 6.07) is 8.14. The van der Waals surface area contributed by atoms with Crippen molar-refractivity contribution in [3.05, 3.63) is 39.7 Å². The van der Waals surface area contributed by atoms with Crippen molar-refractivity contribution >= 4 is 33.4 Å². The predicted octanol–water partition coefficient (Wildman–Crippen LogP) is 2.63. The van der Waals surface area contributed by atoms with Gasteiger partial charge in [-0.15, -0.1) is 11.8 Å². The first-order valence-corrected chi connectivity index (χ1v) is 5.71. The Kier molecular flexibility index (Phi) is 2.62. The Hall–Kier alpha value is -0.450. The van der Waals surface area contributed by atoms with Gasteiger partial charge < -0.3 is 0 Å². The van der Waals surface area contributed by atoms with Crippen LogP contribution in [0.2, 0.25) is 0 Å². The lowest BCUT2D eigenvalue weighted by Crippen LogP contribution is -2.25. The minimum Gasteiger partial charge on any atom is -0.300 e. The first-order valence-electron chi connectivity index (χ1n) is 3.87. The highest BCUT2D eigenvalue weighted by molar-refractivity contribution is 9.10. The zero-order chi connectivity index (χ0) is 9.26. The molecule has 2 nitrogen and oxygen atoms in total. The molecule has 2 N–H and O–H groups in total. The Morgan fingerprint density at radius 2 is 2.31 bits per heavy atom. The minimum atomic E-state index is 0.835. The van der Waals surface area contributed by atoms with E-state index in [1.54, 1.807) is 16.8 Å². The van der Waals surface area contributed by atoms with E-state index in [2.05, 4.69) is 33.5 Å². The van der Waals surface area contributed by atoms with Crippen LogP contribution < -0.4 is 5.84 Å². The van der Waals surface area contributed by atoms with Crippen molar-refractivity contribution < 1.29 is 0 Å². The second-order valence-electron chi connectivity index (χ2n) is 2.78. The van der Waals surface area contributed by atoms with E-state index in [0.717, 1.165) is 21.6 Å². The molecule has 68 valence electrons. The van der Waals surface area contributed by atoms with Gasteiger partial charge in [0.05, 0.1) is 11.6 Å². The smallest absolute Gasteiger partial charge is 0.0838 e. The fourth-order valence-electron chi connectivity index (χ4n) is 1.22. The molecule has 0 unspecified atom stereocenters. The molecule has 4 heteroatoms. The fraction of sp³-hybridized carbons (Fsp3) is 0.111. The van der Waals surface area contributed by atoms with E-state index in [0.29, 0.717) is 0 Å². The molecule has 0 spiro atoms. The van der Waals surface area contributed by atoms with Gasteiger partial charge in [-0.2, -0.15) is 0 Å². The van der Waals surface area contributed by atoms with E-state index in [1.807, 2.05) is 12.1 Å². The van der Waals surface area contributed by atoms with Gasteiger partial charge >= 0.3 is 0 Å². The molecule has 0 atom stereocenters. The van der Waals surface area contributed by atoms with Crippen LogP contribution in [0.4, 0.5) is 0 Å². The van der Waals surface area contributed by atoms with Crippen molar-refractivity contribution in [1.29, 1.82) is 0 Å². The lowest BCUT2D eigenvalue weighted by atomic mass is 10.2. The average molecular weight is 257 g/mol. The molecule has 0 aliphatic carbocycles. The van der Waals surface area contributed by atoms with Crippen molar-refractivity contribution in [2.45, 2.75) is 0 Å². The van der Waals surface area contributed by atoms with Gasteiger partial charge in [0.2, 0.25) is 0 Å². The average Bonchev–Trinajstić information content (AvgIpc) is 2.51. The number of nitrogens with two attached hydrogens (primary N) is 1. The number of hydrogen-bond donors (Lipinski definition) is 1. The molecule has 1 aliphatic rings. The van der Waals surface area contributed by atoms with Crippen molar-refractivity contribution in [2.75, 3.05) is 5.88 Å². The SMILES string of the molecule is NN1CSC=C1c1cccc(Br)c1. The van der Waals surface area contributed by atoms with Crippen LogP contribution >= 0.6 is 27.7 Å². The van der Waals surface area contributed by atoms with E-state index in [-0.39, 0.29) is 0 Å². The Morgan fingerprint density at radius 3 is 2.92 bits per heavy atom. The van der Waals surface area contributed by atoms with Crippen molar-refractivity contribution in [2.24, 2.45) is 5.84 Å². The van der Waals surface area contributed by atoms with Crippen molar-refractivity contribution in [3.8, 4) is 0 Å². The molecule has 0 bridgehead atoms. The molecule has 1 heterocycles. The largest absolute Gasteiger partial charge is 0.300 e. The normalized spacial score (nSPS) is 16.2. The first-order chi connectivity index (χ1) is 6.27. The number of hydrogen-bond acceptors (Lipinski definition) is 3. The van der Waals surface area contributed by atoms with Gasteiger partial charge in [0.25, 0.3) is 0 Å². The van der Waals surface area contributed by atoms with Crippen LogP contribution in [0.1, 0.15) is 5.56 Å². The fourth-order valence-corrected chi connectivity index (χ4v) is 2.42. The molecule has 1 aromatic carbocycles. The third-order valence-electron chi connectivity index (χ3n) is 1.84. The van der Waals surface area contributed by atoms with Crippen LogP contribution in [0.3, 0.4) is 0 Å². The summed E-state index contributed by atoms with van der Waals surface area (Å²) in [5.41, 5.74) is 2.24. The van der Waals surface area contributed by atoms with E-state index in [1.165, 1.54) is 0 Å². The summed E-state index contributed by atoms with van der Waals surface area (Å²) in [7, 11) is 0. The van der Waals surface area contributed by atoms with Gasteiger partial charge in [-0.05, 0) is 17.5 Å². The van der Waals surface area contributed by atoms with E-state index in [9.17, 15) is 0 Å². The van der Waals surface area contributed by atoms with Crippen LogP contribution in [0, 0.1) is 0 Å². The summed E-state index contributed by atoms with van der Waals surface area (Å²) >= 11 is 5.15. The summed E-state index contributed by atoms with van der Waals surface area (Å²) in [4.78, 5) is 0. The maximum atomic E-state index is 5.79. The summed E-state index contributed by atoms with van der Waals surface area (Å²) in [6.45, 7) is 0. The van der Waals surface area contributed by atoms with Gasteiger partial charge in [0, 0.05) is 10.0 Å². The lowest BCUT2D eigenvalue weighted by Gasteiger charge is -2.14. The quantitative estimate of drug-likeness (QED) is 0.784. The van der Waals surface area contributed by atoms with E-state index < -0.39 is 0 Å². The first kappa shape index (κ1) is 9.12. The van der Waals surface area contributed by atoms with Crippen LogP contribution in [0.15, 0.2) is 34.1 Å². The van der Waals surface area contributed by atoms with Gasteiger partial charge in [-0.25, -0.2) is 5.84 Å². The molecular formula is C9H9BrN2S. The van der Waals surface area contributed by atoms with Crippen LogP contribution in [-0.2, 0) is 0 Å². The van der Waals surface area contributed by atoms with E-state index >= 15 is 0 Å². The number of rotatable bonds is 1. The molecule has 0 aromatic heterocycles. The number of hydrazine groups is 1. The number of nitrogens with zero attached hydrogens (tertiary/aromatic N) is 1. The maximum absolute atomic E-state index is 5.79. The summed E-state index contributed by atoms with van der Waals surface area (Å²) < 4.78 is 1.08. The number of thioether (sulfide) groups is 1. The predicted molar refractivity (Wildman–Crippen MR) is 60.6 cm³/mol. The molecule has 0 fully saturated rings. The highest BCUT2D eigenvalue weighted by Crippen LogP contribution is 2.29. The Morgan fingerprint density at radius 1 is 1.46 bits per heavy atom. The van der Waals surface area contributed by atoms with Crippen LogP contribution in [-0.4, -0.2) is 10.9 Å². The molecule has 0 saturated carbocycles. The zero-order valence-electron chi connectivity index (χ0n) is 6.90. The van der Waals surface area contributed by atoms with Crippen LogP contribution in [0.5, 0.6) is 0 Å². The Balaban J connectivity index is 2.35. The standard InChI is InChI=1S/C9H9BrN2S/c10-8-3-1-2-7(4-8)9-5-13-6-12(9)11/h1-5H,6,11H2. The molecule has 1 aliphatic heterocycles. The molecule has 0 radical (unpaired) electrons. The minimum absolute atomic E-state index is 0.835. The lowest BCUT2D eigenvalue weighted by molar-refractivity contribution is 0.499. The highest BCUT2D eigenvalue weighted by Gasteiger charge is 2.13. The number of halogens is 1. The van der Waals surface area contributed by atoms with E-state index in [4.69, 9.17) is 5.84 Å².